The number of amides is 2. The molecule has 1 saturated carbocycles. The van der Waals surface area contributed by atoms with E-state index in [2.05, 4.69) is 0 Å². The smallest absolute Gasteiger partial charge is 0.225 e. The van der Waals surface area contributed by atoms with E-state index in [4.69, 9.17) is 5.73 Å². The molecule has 2 fully saturated rings. The molecule has 1 aliphatic heterocycles. The van der Waals surface area contributed by atoms with E-state index in [1.165, 1.54) is 0 Å². The third-order valence-electron chi connectivity index (χ3n) is 5.34. The quantitative estimate of drug-likeness (QED) is 0.861. The Morgan fingerprint density at radius 1 is 1.09 bits per heavy atom. The molecule has 0 aromatic heterocycles. The van der Waals surface area contributed by atoms with Gasteiger partial charge in [-0.05, 0) is 46.0 Å². The molecular formula is C17H31N3O2. The molecule has 2 atom stereocenters. The van der Waals surface area contributed by atoms with E-state index in [1.807, 2.05) is 30.7 Å². The van der Waals surface area contributed by atoms with Gasteiger partial charge < -0.3 is 15.5 Å². The maximum absolute atomic E-state index is 12.6. The molecule has 5 heteroatoms. The fourth-order valence-electron chi connectivity index (χ4n) is 3.60. The largest absolute Gasteiger partial charge is 0.343 e. The van der Waals surface area contributed by atoms with Gasteiger partial charge in [-0.25, -0.2) is 0 Å². The highest BCUT2D eigenvalue weighted by atomic mass is 16.2. The molecular weight excluding hydrogens is 278 g/mol. The average Bonchev–Trinajstić information content (AvgIpc) is 2.52. The molecule has 2 amide bonds. The van der Waals surface area contributed by atoms with Gasteiger partial charge in [0, 0.05) is 44.1 Å². The fraction of sp³-hybridized carbons (Fsp3) is 0.882. The standard InChI is InChI=1S/C17H31N3O2/c1-12(2)19(3)16(21)13-7-9-20(10-8-13)17(22)14-5-4-6-15(18)11-14/h12-15H,4-11,18H2,1-3H3. The molecule has 126 valence electrons. The van der Waals surface area contributed by atoms with Gasteiger partial charge in [-0.2, -0.15) is 0 Å². The lowest BCUT2D eigenvalue weighted by Crippen LogP contribution is -2.47. The van der Waals surface area contributed by atoms with Gasteiger partial charge in [0.25, 0.3) is 0 Å². The first-order valence-corrected chi connectivity index (χ1v) is 8.71. The molecule has 2 aliphatic rings. The lowest BCUT2D eigenvalue weighted by Gasteiger charge is -2.37. The molecule has 0 bridgehead atoms. The van der Waals surface area contributed by atoms with Crippen molar-refractivity contribution in [1.82, 2.24) is 9.80 Å². The third-order valence-corrected chi connectivity index (χ3v) is 5.34. The minimum atomic E-state index is 0.0741. The van der Waals surface area contributed by atoms with Crippen LogP contribution in [0.5, 0.6) is 0 Å². The molecule has 5 nitrogen and oxygen atoms in total. The maximum atomic E-state index is 12.6. The summed E-state index contributed by atoms with van der Waals surface area (Å²) in [6.45, 7) is 5.49. The van der Waals surface area contributed by atoms with Crippen molar-refractivity contribution >= 4 is 11.8 Å². The van der Waals surface area contributed by atoms with E-state index in [1.54, 1.807) is 0 Å². The fourth-order valence-corrected chi connectivity index (χ4v) is 3.60. The number of hydrogen-bond acceptors (Lipinski definition) is 3. The Labute approximate surface area is 134 Å². The van der Waals surface area contributed by atoms with Gasteiger partial charge in [0.1, 0.15) is 0 Å². The van der Waals surface area contributed by atoms with Crippen LogP contribution >= 0.6 is 0 Å². The van der Waals surface area contributed by atoms with Gasteiger partial charge in [0.2, 0.25) is 11.8 Å². The summed E-state index contributed by atoms with van der Waals surface area (Å²) in [5.41, 5.74) is 5.99. The van der Waals surface area contributed by atoms with Crippen LogP contribution in [0.15, 0.2) is 0 Å². The average molecular weight is 309 g/mol. The summed E-state index contributed by atoms with van der Waals surface area (Å²) in [6, 6.07) is 0.414. The van der Waals surface area contributed by atoms with Gasteiger partial charge in [-0.3, -0.25) is 9.59 Å². The van der Waals surface area contributed by atoms with Crippen LogP contribution < -0.4 is 5.73 Å². The van der Waals surface area contributed by atoms with E-state index >= 15 is 0 Å². The van der Waals surface area contributed by atoms with Crippen LogP contribution in [0.3, 0.4) is 0 Å². The predicted octanol–water partition coefficient (Wildman–Crippen LogP) is 1.61. The predicted molar refractivity (Wildman–Crippen MR) is 87.1 cm³/mol. The first-order chi connectivity index (χ1) is 10.4. The lowest BCUT2D eigenvalue weighted by atomic mass is 9.84. The van der Waals surface area contributed by atoms with Crippen LogP contribution in [0.1, 0.15) is 52.4 Å². The molecule has 0 aromatic rings. The molecule has 0 aromatic carbocycles. The zero-order valence-corrected chi connectivity index (χ0v) is 14.3. The molecule has 1 aliphatic carbocycles. The SMILES string of the molecule is CC(C)N(C)C(=O)C1CCN(C(=O)C2CCCC(N)C2)CC1. The van der Waals surface area contributed by atoms with Gasteiger partial charge in [0.05, 0.1) is 0 Å². The van der Waals surface area contributed by atoms with E-state index in [9.17, 15) is 9.59 Å². The summed E-state index contributed by atoms with van der Waals surface area (Å²) in [6.07, 6.45) is 5.49. The number of nitrogens with zero attached hydrogens (tertiary/aromatic N) is 2. The second kappa shape index (κ2) is 7.44. The maximum Gasteiger partial charge on any atom is 0.225 e. The van der Waals surface area contributed by atoms with Crippen LogP contribution in [0.2, 0.25) is 0 Å². The highest BCUT2D eigenvalue weighted by molar-refractivity contribution is 5.81. The van der Waals surface area contributed by atoms with Crippen molar-refractivity contribution in [2.45, 2.75) is 64.5 Å². The minimum absolute atomic E-state index is 0.0741. The first-order valence-electron chi connectivity index (χ1n) is 8.71. The summed E-state index contributed by atoms with van der Waals surface area (Å²) in [4.78, 5) is 28.7. The summed E-state index contributed by atoms with van der Waals surface area (Å²) < 4.78 is 0. The van der Waals surface area contributed by atoms with Gasteiger partial charge >= 0.3 is 0 Å². The zero-order chi connectivity index (χ0) is 16.3. The minimum Gasteiger partial charge on any atom is -0.343 e. The van der Waals surface area contributed by atoms with Crippen molar-refractivity contribution < 1.29 is 9.59 Å². The normalized spacial score (nSPS) is 27.0. The second-order valence-corrected chi connectivity index (χ2v) is 7.27. The van der Waals surface area contributed by atoms with Gasteiger partial charge in [0.15, 0.2) is 0 Å². The van der Waals surface area contributed by atoms with E-state index in [0.717, 1.165) is 38.5 Å². The number of hydrogen-bond donors (Lipinski definition) is 1. The molecule has 2 N–H and O–H groups in total. The van der Waals surface area contributed by atoms with Crippen molar-refractivity contribution in [2.24, 2.45) is 17.6 Å². The number of piperidine rings is 1. The van der Waals surface area contributed by atoms with Crippen molar-refractivity contribution in [2.75, 3.05) is 20.1 Å². The lowest BCUT2D eigenvalue weighted by molar-refractivity contribution is -0.143. The second-order valence-electron chi connectivity index (χ2n) is 7.27. The highest BCUT2D eigenvalue weighted by Gasteiger charge is 2.33. The number of nitrogens with two attached hydrogens (primary N) is 1. The van der Waals surface area contributed by atoms with Crippen molar-refractivity contribution in [1.29, 1.82) is 0 Å². The van der Waals surface area contributed by atoms with E-state index in [-0.39, 0.29) is 35.7 Å². The Morgan fingerprint density at radius 2 is 1.73 bits per heavy atom. The van der Waals surface area contributed by atoms with Crippen LogP contribution in [0, 0.1) is 11.8 Å². The molecule has 0 spiro atoms. The Bertz CT molecular complexity index is 403. The van der Waals surface area contributed by atoms with Crippen LogP contribution in [0.4, 0.5) is 0 Å². The summed E-state index contributed by atoms with van der Waals surface area (Å²) >= 11 is 0. The van der Waals surface area contributed by atoms with Crippen LogP contribution in [-0.2, 0) is 9.59 Å². The molecule has 1 heterocycles. The third kappa shape index (κ3) is 4.00. The molecule has 2 rings (SSSR count). The molecule has 0 radical (unpaired) electrons. The van der Waals surface area contributed by atoms with Crippen LogP contribution in [0.25, 0.3) is 0 Å². The van der Waals surface area contributed by atoms with E-state index in [0.29, 0.717) is 13.1 Å². The van der Waals surface area contributed by atoms with Crippen molar-refractivity contribution in [3.05, 3.63) is 0 Å². The van der Waals surface area contributed by atoms with Crippen molar-refractivity contribution in [3.8, 4) is 0 Å². The van der Waals surface area contributed by atoms with E-state index < -0.39 is 0 Å². The molecule has 22 heavy (non-hydrogen) atoms. The monoisotopic (exact) mass is 309 g/mol. The first kappa shape index (κ1) is 17.3. The molecule has 2 unspecified atom stereocenters. The summed E-state index contributed by atoms with van der Waals surface area (Å²) in [5, 5.41) is 0. The number of rotatable bonds is 3. The van der Waals surface area contributed by atoms with Crippen LogP contribution in [-0.4, -0.2) is 53.8 Å². The topological polar surface area (TPSA) is 66.6 Å². The molecule has 1 saturated heterocycles. The van der Waals surface area contributed by atoms with Gasteiger partial charge in [-0.1, -0.05) is 6.42 Å². The van der Waals surface area contributed by atoms with Gasteiger partial charge in [-0.15, -0.1) is 0 Å². The summed E-state index contributed by atoms with van der Waals surface area (Å²) in [5.74, 6) is 0.666. The highest BCUT2D eigenvalue weighted by Crippen LogP contribution is 2.27. The Balaban J connectivity index is 1.84. The Hall–Kier alpha value is -1.10. The Kier molecular flexibility index (Phi) is 5.84. The number of carbonyl (C=O) groups is 2. The number of carbonyl (C=O) groups excluding carboxylic acids is 2. The number of likely N-dealkylation sites (tertiary alicyclic amines) is 1. The van der Waals surface area contributed by atoms with Crippen molar-refractivity contribution in [3.63, 3.8) is 0 Å². The summed E-state index contributed by atoms with van der Waals surface area (Å²) in [7, 11) is 1.87. The Morgan fingerprint density at radius 3 is 2.27 bits per heavy atom. The zero-order valence-electron chi connectivity index (χ0n) is 14.3.